The average Bonchev–Trinajstić information content (AvgIpc) is 3.04. The number of hydrogen-bond donors (Lipinski definition) is 0. The second-order valence-corrected chi connectivity index (χ2v) is 8.08. The van der Waals surface area contributed by atoms with E-state index in [2.05, 4.69) is 20.1 Å². The molecule has 1 aliphatic rings. The van der Waals surface area contributed by atoms with E-state index < -0.39 is 10.0 Å². The Morgan fingerprint density at radius 3 is 3.00 bits per heavy atom. The fourth-order valence-electron chi connectivity index (χ4n) is 2.94. The van der Waals surface area contributed by atoms with Crippen molar-refractivity contribution in [2.75, 3.05) is 18.8 Å². The average molecular weight is 351 g/mol. The zero-order valence-electron chi connectivity index (χ0n) is 13.6. The SMILES string of the molecule is CCCS(=O)(=O)N1CCCC(Cc2noc(-c3cnccn3)n2)C1. The predicted octanol–water partition coefficient (Wildman–Crippen LogP) is 1.52. The summed E-state index contributed by atoms with van der Waals surface area (Å²) < 4.78 is 31.3. The maximum Gasteiger partial charge on any atom is 0.278 e. The van der Waals surface area contributed by atoms with Gasteiger partial charge < -0.3 is 4.52 Å². The van der Waals surface area contributed by atoms with Crippen molar-refractivity contribution in [3.8, 4) is 11.6 Å². The van der Waals surface area contributed by atoms with Crippen LogP contribution in [-0.4, -0.2) is 51.7 Å². The van der Waals surface area contributed by atoms with Crippen molar-refractivity contribution in [3.63, 3.8) is 0 Å². The Kier molecular flexibility index (Phi) is 5.20. The summed E-state index contributed by atoms with van der Waals surface area (Å²) in [5.41, 5.74) is 0.534. The van der Waals surface area contributed by atoms with Crippen LogP contribution in [0.1, 0.15) is 32.0 Å². The van der Waals surface area contributed by atoms with Crippen molar-refractivity contribution < 1.29 is 12.9 Å². The smallest absolute Gasteiger partial charge is 0.278 e. The lowest BCUT2D eigenvalue weighted by Crippen LogP contribution is -2.41. The zero-order valence-corrected chi connectivity index (χ0v) is 14.4. The maximum absolute atomic E-state index is 12.2. The Morgan fingerprint density at radius 1 is 1.38 bits per heavy atom. The summed E-state index contributed by atoms with van der Waals surface area (Å²) in [6.07, 6.45) is 7.77. The highest BCUT2D eigenvalue weighted by Gasteiger charge is 2.29. The molecule has 1 saturated heterocycles. The van der Waals surface area contributed by atoms with Gasteiger partial charge in [0, 0.05) is 31.9 Å². The van der Waals surface area contributed by atoms with Crippen molar-refractivity contribution in [2.24, 2.45) is 5.92 Å². The highest BCUT2D eigenvalue weighted by Crippen LogP contribution is 2.23. The van der Waals surface area contributed by atoms with Crippen LogP contribution in [0.25, 0.3) is 11.6 Å². The number of aromatic nitrogens is 4. The van der Waals surface area contributed by atoms with Crippen LogP contribution in [0.15, 0.2) is 23.1 Å². The van der Waals surface area contributed by atoms with Gasteiger partial charge in [0.1, 0.15) is 5.69 Å². The third kappa shape index (κ3) is 3.96. The first-order chi connectivity index (χ1) is 11.6. The predicted molar refractivity (Wildman–Crippen MR) is 87.4 cm³/mol. The lowest BCUT2D eigenvalue weighted by atomic mass is 9.96. The van der Waals surface area contributed by atoms with E-state index in [1.807, 2.05) is 6.92 Å². The molecule has 9 heteroatoms. The first-order valence-electron chi connectivity index (χ1n) is 8.15. The summed E-state index contributed by atoms with van der Waals surface area (Å²) in [7, 11) is -3.15. The van der Waals surface area contributed by atoms with Gasteiger partial charge in [0.15, 0.2) is 5.82 Å². The molecular weight excluding hydrogens is 330 g/mol. The molecule has 0 bridgehead atoms. The first kappa shape index (κ1) is 17.0. The Bertz CT molecular complexity index is 762. The quantitative estimate of drug-likeness (QED) is 0.777. The minimum absolute atomic E-state index is 0.206. The molecule has 0 radical (unpaired) electrons. The second-order valence-electron chi connectivity index (χ2n) is 5.99. The van der Waals surface area contributed by atoms with Gasteiger partial charge in [-0.15, -0.1) is 0 Å². The molecule has 24 heavy (non-hydrogen) atoms. The molecule has 2 aromatic rings. The van der Waals surface area contributed by atoms with Gasteiger partial charge in [0.05, 0.1) is 11.9 Å². The molecule has 1 unspecified atom stereocenters. The van der Waals surface area contributed by atoms with Gasteiger partial charge in [0.2, 0.25) is 10.0 Å². The number of sulfonamides is 1. The summed E-state index contributed by atoms with van der Waals surface area (Å²) in [5, 5.41) is 3.99. The van der Waals surface area contributed by atoms with E-state index in [4.69, 9.17) is 4.52 Å². The van der Waals surface area contributed by atoms with Crippen LogP contribution >= 0.6 is 0 Å². The third-order valence-electron chi connectivity index (χ3n) is 4.06. The summed E-state index contributed by atoms with van der Waals surface area (Å²) in [5.74, 6) is 1.33. The highest BCUT2D eigenvalue weighted by atomic mass is 32.2. The lowest BCUT2D eigenvalue weighted by molar-refractivity contribution is 0.261. The van der Waals surface area contributed by atoms with Crippen molar-refractivity contribution in [1.29, 1.82) is 0 Å². The Labute approximate surface area is 141 Å². The molecule has 3 rings (SSSR count). The minimum atomic E-state index is -3.15. The van der Waals surface area contributed by atoms with Gasteiger partial charge in [-0.3, -0.25) is 4.98 Å². The second kappa shape index (κ2) is 7.35. The molecule has 1 fully saturated rings. The molecular formula is C15H21N5O3S. The van der Waals surface area contributed by atoms with Crippen LogP contribution in [0.2, 0.25) is 0 Å². The topological polar surface area (TPSA) is 102 Å². The normalized spacial score (nSPS) is 19.5. The molecule has 1 atom stereocenters. The molecule has 3 heterocycles. The van der Waals surface area contributed by atoms with Crippen LogP contribution in [0.3, 0.4) is 0 Å². The van der Waals surface area contributed by atoms with Crippen LogP contribution in [0.5, 0.6) is 0 Å². The van der Waals surface area contributed by atoms with Gasteiger partial charge in [-0.05, 0) is 25.2 Å². The minimum Gasteiger partial charge on any atom is -0.332 e. The van der Waals surface area contributed by atoms with E-state index in [1.54, 1.807) is 22.9 Å². The summed E-state index contributed by atoms with van der Waals surface area (Å²) in [4.78, 5) is 12.5. The molecule has 0 aromatic carbocycles. The van der Waals surface area contributed by atoms with Crippen LogP contribution < -0.4 is 0 Å². The third-order valence-corrected chi connectivity index (χ3v) is 6.10. The monoisotopic (exact) mass is 351 g/mol. The van der Waals surface area contributed by atoms with Crippen molar-refractivity contribution in [1.82, 2.24) is 24.4 Å². The van der Waals surface area contributed by atoms with E-state index in [0.29, 0.717) is 43.3 Å². The van der Waals surface area contributed by atoms with E-state index in [1.165, 1.54) is 0 Å². The maximum atomic E-state index is 12.2. The number of nitrogens with zero attached hydrogens (tertiary/aromatic N) is 5. The fraction of sp³-hybridized carbons (Fsp3) is 0.600. The molecule has 0 spiro atoms. The number of rotatable bonds is 6. The summed E-state index contributed by atoms with van der Waals surface area (Å²) in [6, 6.07) is 0. The lowest BCUT2D eigenvalue weighted by Gasteiger charge is -2.31. The van der Waals surface area contributed by atoms with E-state index in [9.17, 15) is 8.42 Å². The standard InChI is InChI=1S/C15H21N5O3S/c1-2-8-24(21,22)20-7-3-4-12(11-20)9-14-18-15(23-19-14)13-10-16-5-6-17-13/h5-6,10,12H,2-4,7-9,11H2,1H3. The van der Waals surface area contributed by atoms with Crippen molar-refractivity contribution in [2.45, 2.75) is 32.6 Å². The van der Waals surface area contributed by atoms with E-state index >= 15 is 0 Å². The van der Waals surface area contributed by atoms with Gasteiger partial charge in [-0.1, -0.05) is 12.1 Å². The zero-order chi connectivity index (χ0) is 17.0. The summed E-state index contributed by atoms with van der Waals surface area (Å²) >= 11 is 0. The molecule has 0 aliphatic carbocycles. The first-order valence-corrected chi connectivity index (χ1v) is 9.76. The van der Waals surface area contributed by atoms with Crippen molar-refractivity contribution in [3.05, 3.63) is 24.4 Å². The van der Waals surface area contributed by atoms with Crippen LogP contribution in [-0.2, 0) is 16.4 Å². The number of hydrogen-bond acceptors (Lipinski definition) is 7. The van der Waals surface area contributed by atoms with E-state index in [-0.39, 0.29) is 11.7 Å². The Hall–Kier alpha value is -1.87. The van der Waals surface area contributed by atoms with Gasteiger partial charge in [-0.25, -0.2) is 17.7 Å². The Morgan fingerprint density at radius 2 is 2.25 bits per heavy atom. The van der Waals surface area contributed by atoms with Crippen LogP contribution in [0, 0.1) is 5.92 Å². The molecule has 0 N–H and O–H groups in total. The summed E-state index contributed by atoms with van der Waals surface area (Å²) in [6.45, 7) is 3.01. The molecule has 0 saturated carbocycles. The molecule has 0 amide bonds. The van der Waals surface area contributed by atoms with Gasteiger partial charge in [-0.2, -0.15) is 4.98 Å². The van der Waals surface area contributed by atoms with Crippen LogP contribution in [0.4, 0.5) is 0 Å². The molecule has 2 aromatic heterocycles. The Balaban J connectivity index is 1.65. The largest absolute Gasteiger partial charge is 0.332 e. The molecule has 8 nitrogen and oxygen atoms in total. The molecule has 1 aliphatic heterocycles. The van der Waals surface area contributed by atoms with E-state index in [0.717, 1.165) is 12.8 Å². The van der Waals surface area contributed by atoms with Gasteiger partial charge in [0.25, 0.3) is 5.89 Å². The highest BCUT2D eigenvalue weighted by molar-refractivity contribution is 7.89. The number of piperidine rings is 1. The molecule has 130 valence electrons. The van der Waals surface area contributed by atoms with Crippen molar-refractivity contribution >= 4 is 10.0 Å². The fourth-order valence-corrected chi connectivity index (χ4v) is 4.56. The van der Waals surface area contributed by atoms with Gasteiger partial charge >= 0.3 is 0 Å².